The Morgan fingerprint density at radius 2 is 2.12 bits per heavy atom. The normalized spacial score (nSPS) is 17.0. The van der Waals surface area contributed by atoms with Crippen LogP contribution in [-0.2, 0) is 0 Å². The van der Waals surface area contributed by atoms with Crippen LogP contribution < -0.4 is 10.1 Å². The zero-order valence-electron chi connectivity index (χ0n) is 15.7. The SMILES string of the molecule is CCC1CCCCN1C(=O)c1cc(Nc2ccccc2OC)nc(C)n1. The molecule has 1 N–H and O–H groups in total. The monoisotopic (exact) mass is 354 g/mol. The number of hydrogen-bond donors (Lipinski definition) is 1. The maximum atomic E-state index is 13.0. The molecule has 1 amide bonds. The highest BCUT2D eigenvalue weighted by Gasteiger charge is 2.27. The van der Waals surface area contributed by atoms with Crippen molar-refractivity contribution in [3.05, 3.63) is 41.9 Å². The van der Waals surface area contributed by atoms with Gasteiger partial charge in [-0.25, -0.2) is 9.97 Å². The van der Waals surface area contributed by atoms with Crippen molar-refractivity contribution in [2.75, 3.05) is 19.0 Å². The molecular weight excluding hydrogens is 328 g/mol. The summed E-state index contributed by atoms with van der Waals surface area (Å²) in [5.74, 6) is 1.87. The lowest BCUT2D eigenvalue weighted by Crippen LogP contribution is -2.43. The van der Waals surface area contributed by atoms with Gasteiger partial charge in [-0.15, -0.1) is 0 Å². The molecule has 0 saturated carbocycles. The van der Waals surface area contributed by atoms with E-state index in [9.17, 15) is 4.79 Å². The van der Waals surface area contributed by atoms with Crippen LogP contribution in [0.15, 0.2) is 30.3 Å². The molecule has 1 fully saturated rings. The molecular formula is C20H26N4O2. The average molecular weight is 354 g/mol. The second kappa shape index (κ2) is 8.17. The lowest BCUT2D eigenvalue weighted by molar-refractivity contribution is 0.0601. The maximum Gasteiger partial charge on any atom is 0.272 e. The molecule has 3 rings (SSSR count). The zero-order valence-corrected chi connectivity index (χ0v) is 15.7. The molecule has 1 aliphatic rings. The van der Waals surface area contributed by atoms with Crippen molar-refractivity contribution in [1.82, 2.24) is 14.9 Å². The number of amides is 1. The van der Waals surface area contributed by atoms with Gasteiger partial charge in [0.15, 0.2) is 0 Å². The van der Waals surface area contributed by atoms with Crippen molar-refractivity contribution in [2.24, 2.45) is 0 Å². The van der Waals surface area contributed by atoms with E-state index in [1.54, 1.807) is 20.1 Å². The highest BCUT2D eigenvalue weighted by Crippen LogP contribution is 2.27. The Morgan fingerprint density at radius 3 is 2.88 bits per heavy atom. The first-order valence-electron chi connectivity index (χ1n) is 9.19. The van der Waals surface area contributed by atoms with Crippen molar-refractivity contribution in [2.45, 2.75) is 45.6 Å². The summed E-state index contributed by atoms with van der Waals surface area (Å²) >= 11 is 0. The standard InChI is InChI=1S/C20H26N4O2/c1-4-15-9-7-8-12-24(15)20(25)17-13-19(22-14(2)21-17)23-16-10-5-6-11-18(16)26-3/h5-6,10-11,13,15H,4,7-9,12H2,1-3H3,(H,21,22,23). The fraction of sp³-hybridized carbons (Fsp3) is 0.450. The summed E-state index contributed by atoms with van der Waals surface area (Å²) in [6, 6.07) is 9.65. The maximum absolute atomic E-state index is 13.0. The summed E-state index contributed by atoms with van der Waals surface area (Å²) < 4.78 is 5.37. The summed E-state index contributed by atoms with van der Waals surface area (Å²) in [6.07, 6.45) is 4.28. The number of benzene rings is 1. The predicted octanol–water partition coefficient (Wildman–Crippen LogP) is 3.94. The average Bonchev–Trinajstić information content (AvgIpc) is 2.67. The molecule has 6 heteroatoms. The minimum Gasteiger partial charge on any atom is -0.495 e. The Balaban J connectivity index is 1.86. The van der Waals surface area contributed by atoms with Crippen LogP contribution in [0.1, 0.15) is 48.9 Å². The number of nitrogens with zero attached hydrogens (tertiary/aromatic N) is 3. The van der Waals surface area contributed by atoms with Crippen LogP contribution in [0.2, 0.25) is 0 Å². The summed E-state index contributed by atoms with van der Waals surface area (Å²) in [7, 11) is 1.63. The number of piperidine rings is 1. The number of carbonyl (C=O) groups is 1. The fourth-order valence-corrected chi connectivity index (χ4v) is 3.47. The predicted molar refractivity (Wildman–Crippen MR) is 102 cm³/mol. The van der Waals surface area contributed by atoms with Crippen LogP contribution in [0.3, 0.4) is 0 Å². The van der Waals surface area contributed by atoms with E-state index in [1.807, 2.05) is 29.2 Å². The molecule has 26 heavy (non-hydrogen) atoms. The van der Waals surface area contributed by atoms with Gasteiger partial charge in [-0.3, -0.25) is 4.79 Å². The smallest absolute Gasteiger partial charge is 0.272 e. The van der Waals surface area contributed by atoms with Crippen molar-refractivity contribution in [3.63, 3.8) is 0 Å². The summed E-state index contributed by atoms with van der Waals surface area (Å²) in [4.78, 5) is 23.8. The van der Waals surface area contributed by atoms with Crippen molar-refractivity contribution in [1.29, 1.82) is 0 Å². The van der Waals surface area contributed by atoms with E-state index in [0.29, 0.717) is 23.4 Å². The minimum atomic E-state index is -0.00914. The summed E-state index contributed by atoms with van der Waals surface area (Å²) in [6.45, 7) is 4.74. The summed E-state index contributed by atoms with van der Waals surface area (Å²) in [5, 5.41) is 3.24. The molecule has 1 aromatic carbocycles. The Bertz CT molecular complexity index is 778. The molecule has 1 aliphatic heterocycles. The van der Waals surface area contributed by atoms with Crippen LogP contribution in [0, 0.1) is 6.92 Å². The highest BCUT2D eigenvalue weighted by molar-refractivity contribution is 5.93. The van der Waals surface area contributed by atoms with E-state index in [0.717, 1.165) is 37.2 Å². The van der Waals surface area contributed by atoms with E-state index in [2.05, 4.69) is 22.2 Å². The van der Waals surface area contributed by atoms with Crippen LogP contribution >= 0.6 is 0 Å². The van der Waals surface area contributed by atoms with Gasteiger partial charge >= 0.3 is 0 Å². The van der Waals surface area contributed by atoms with E-state index in [1.165, 1.54) is 6.42 Å². The molecule has 1 unspecified atom stereocenters. The first-order valence-corrected chi connectivity index (χ1v) is 9.19. The number of rotatable bonds is 5. The molecule has 1 atom stereocenters. The topological polar surface area (TPSA) is 67.4 Å². The van der Waals surface area contributed by atoms with Crippen molar-refractivity contribution >= 4 is 17.4 Å². The molecule has 138 valence electrons. The van der Waals surface area contributed by atoms with E-state index < -0.39 is 0 Å². The second-order valence-electron chi connectivity index (χ2n) is 6.57. The minimum absolute atomic E-state index is 0.00914. The number of anilines is 2. The molecule has 0 radical (unpaired) electrons. The van der Waals surface area contributed by atoms with Gasteiger partial charge in [0.05, 0.1) is 12.8 Å². The number of likely N-dealkylation sites (tertiary alicyclic amines) is 1. The van der Waals surface area contributed by atoms with Crippen LogP contribution in [0.25, 0.3) is 0 Å². The largest absolute Gasteiger partial charge is 0.495 e. The van der Waals surface area contributed by atoms with Gasteiger partial charge in [0, 0.05) is 18.7 Å². The van der Waals surface area contributed by atoms with Gasteiger partial charge < -0.3 is 15.0 Å². The third-order valence-electron chi connectivity index (χ3n) is 4.79. The molecule has 1 saturated heterocycles. The van der Waals surface area contributed by atoms with Gasteiger partial charge in [-0.05, 0) is 44.7 Å². The van der Waals surface area contributed by atoms with Gasteiger partial charge in [-0.1, -0.05) is 19.1 Å². The van der Waals surface area contributed by atoms with Crippen molar-refractivity contribution < 1.29 is 9.53 Å². The third kappa shape index (κ3) is 3.95. The fourth-order valence-electron chi connectivity index (χ4n) is 3.47. The van der Waals surface area contributed by atoms with Crippen LogP contribution in [-0.4, -0.2) is 40.5 Å². The number of aryl methyl sites for hydroxylation is 1. The Morgan fingerprint density at radius 1 is 1.31 bits per heavy atom. The number of nitrogens with one attached hydrogen (secondary N) is 1. The number of carbonyl (C=O) groups excluding carboxylic acids is 1. The van der Waals surface area contributed by atoms with E-state index in [4.69, 9.17) is 4.74 Å². The zero-order chi connectivity index (χ0) is 18.5. The first kappa shape index (κ1) is 18.2. The van der Waals surface area contributed by atoms with Crippen LogP contribution in [0.4, 0.5) is 11.5 Å². The van der Waals surface area contributed by atoms with Crippen LogP contribution in [0.5, 0.6) is 5.75 Å². The van der Waals surface area contributed by atoms with Crippen molar-refractivity contribution in [3.8, 4) is 5.75 Å². The molecule has 2 aromatic rings. The number of ether oxygens (including phenoxy) is 1. The molecule has 0 aliphatic carbocycles. The van der Waals surface area contributed by atoms with Gasteiger partial charge in [0.2, 0.25) is 0 Å². The molecule has 0 bridgehead atoms. The van der Waals surface area contributed by atoms with Gasteiger partial charge in [0.25, 0.3) is 5.91 Å². The number of methoxy groups -OCH3 is 1. The van der Waals surface area contributed by atoms with Gasteiger partial charge in [0.1, 0.15) is 23.1 Å². The number of aromatic nitrogens is 2. The second-order valence-corrected chi connectivity index (χ2v) is 6.57. The lowest BCUT2D eigenvalue weighted by Gasteiger charge is -2.35. The van der Waals surface area contributed by atoms with E-state index >= 15 is 0 Å². The Hall–Kier alpha value is -2.63. The third-order valence-corrected chi connectivity index (χ3v) is 4.79. The molecule has 0 spiro atoms. The Labute approximate surface area is 154 Å². The molecule has 1 aromatic heterocycles. The molecule has 2 heterocycles. The van der Waals surface area contributed by atoms with Gasteiger partial charge in [-0.2, -0.15) is 0 Å². The highest BCUT2D eigenvalue weighted by atomic mass is 16.5. The first-order chi connectivity index (χ1) is 12.6. The quantitative estimate of drug-likeness (QED) is 0.881. The number of para-hydroxylation sites is 2. The molecule has 6 nitrogen and oxygen atoms in total. The summed E-state index contributed by atoms with van der Waals surface area (Å²) in [5.41, 5.74) is 1.24. The number of hydrogen-bond acceptors (Lipinski definition) is 5. The lowest BCUT2D eigenvalue weighted by atomic mass is 9.99. The Kier molecular flexibility index (Phi) is 5.71. The van der Waals surface area contributed by atoms with E-state index in [-0.39, 0.29) is 5.91 Å².